The number of carbonyl (C=O) groups excluding carboxylic acids is 1. The highest BCUT2D eigenvalue weighted by molar-refractivity contribution is 6.04. The van der Waals surface area contributed by atoms with Crippen molar-refractivity contribution in [3.8, 4) is 5.69 Å². The molecule has 0 spiro atoms. The standard InChI is InChI=1S/C24H25FN4O2/c1-16-5-8-18(9-6-16)29-21-4-2-3-19(21)23(27-29)24(30)26-17-7-10-22(20(25)15-17)28-11-13-31-14-12-28/h5-10,15H,2-4,11-14H2,1H3,(H,26,30). The number of carbonyl (C=O) groups is 1. The molecule has 7 heteroatoms. The lowest BCUT2D eigenvalue weighted by molar-refractivity contribution is 0.102. The number of amides is 1. The summed E-state index contributed by atoms with van der Waals surface area (Å²) < 4.78 is 21.9. The molecule has 1 saturated heterocycles. The molecule has 2 aliphatic rings. The zero-order valence-corrected chi connectivity index (χ0v) is 17.5. The van der Waals surface area contributed by atoms with Gasteiger partial charge in [-0.3, -0.25) is 4.79 Å². The first kappa shape index (κ1) is 19.8. The van der Waals surface area contributed by atoms with E-state index in [1.54, 1.807) is 12.1 Å². The Bertz CT molecular complexity index is 1120. The van der Waals surface area contributed by atoms with E-state index in [0.717, 1.165) is 36.2 Å². The van der Waals surface area contributed by atoms with Gasteiger partial charge in [0.25, 0.3) is 5.91 Å². The first-order chi connectivity index (χ1) is 15.1. The van der Waals surface area contributed by atoms with Gasteiger partial charge in [0, 0.05) is 30.0 Å². The Kier molecular flexibility index (Phi) is 5.19. The highest BCUT2D eigenvalue weighted by Gasteiger charge is 2.27. The van der Waals surface area contributed by atoms with Gasteiger partial charge in [0.15, 0.2) is 5.69 Å². The van der Waals surface area contributed by atoms with Crippen LogP contribution >= 0.6 is 0 Å². The molecule has 1 fully saturated rings. The van der Waals surface area contributed by atoms with Gasteiger partial charge in [-0.2, -0.15) is 5.10 Å². The predicted molar refractivity (Wildman–Crippen MR) is 118 cm³/mol. The molecule has 160 valence electrons. The number of hydrogen-bond acceptors (Lipinski definition) is 4. The van der Waals surface area contributed by atoms with Crippen LogP contribution in [-0.4, -0.2) is 42.0 Å². The maximum Gasteiger partial charge on any atom is 0.276 e. The topological polar surface area (TPSA) is 59.4 Å². The quantitative estimate of drug-likeness (QED) is 0.696. The van der Waals surface area contributed by atoms with Gasteiger partial charge in [0.05, 0.1) is 24.6 Å². The molecule has 1 N–H and O–H groups in total. The van der Waals surface area contributed by atoms with Crippen molar-refractivity contribution in [1.29, 1.82) is 0 Å². The Labute approximate surface area is 180 Å². The van der Waals surface area contributed by atoms with Crippen LogP contribution < -0.4 is 10.2 Å². The van der Waals surface area contributed by atoms with Crippen LogP contribution in [0.3, 0.4) is 0 Å². The van der Waals surface area contributed by atoms with Crippen LogP contribution in [0.15, 0.2) is 42.5 Å². The van der Waals surface area contributed by atoms with E-state index in [0.29, 0.717) is 43.4 Å². The third-order valence-corrected chi connectivity index (χ3v) is 5.98. The summed E-state index contributed by atoms with van der Waals surface area (Å²) in [5, 5.41) is 7.46. The molecule has 2 heterocycles. The van der Waals surface area contributed by atoms with Crippen LogP contribution in [0.2, 0.25) is 0 Å². The Morgan fingerprint density at radius 3 is 2.61 bits per heavy atom. The molecule has 1 aromatic heterocycles. The number of hydrogen-bond donors (Lipinski definition) is 1. The average Bonchev–Trinajstić information content (AvgIpc) is 3.38. The van der Waals surface area contributed by atoms with Gasteiger partial charge in [-0.15, -0.1) is 0 Å². The average molecular weight is 420 g/mol. The van der Waals surface area contributed by atoms with Gasteiger partial charge >= 0.3 is 0 Å². The fraction of sp³-hybridized carbons (Fsp3) is 0.333. The van der Waals surface area contributed by atoms with Crippen molar-refractivity contribution in [2.45, 2.75) is 26.2 Å². The minimum Gasteiger partial charge on any atom is -0.378 e. The molecule has 3 aromatic rings. The number of fused-ring (bicyclic) bond motifs is 1. The summed E-state index contributed by atoms with van der Waals surface area (Å²) in [6.45, 7) is 4.54. The second-order valence-electron chi connectivity index (χ2n) is 8.09. The number of aryl methyl sites for hydroxylation is 1. The van der Waals surface area contributed by atoms with E-state index in [2.05, 4.69) is 10.4 Å². The number of halogens is 1. The van der Waals surface area contributed by atoms with Crippen LogP contribution in [0.5, 0.6) is 0 Å². The summed E-state index contributed by atoms with van der Waals surface area (Å²) in [6.07, 6.45) is 2.73. The number of rotatable bonds is 4. The van der Waals surface area contributed by atoms with Crippen molar-refractivity contribution in [2.24, 2.45) is 0 Å². The largest absolute Gasteiger partial charge is 0.378 e. The Morgan fingerprint density at radius 1 is 1.10 bits per heavy atom. The summed E-state index contributed by atoms with van der Waals surface area (Å²) >= 11 is 0. The Hall–Kier alpha value is -3.19. The number of nitrogens with zero attached hydrogens (tertiary/aromatic N) is 3. The van der Waals surface area contributed by atoms with Crippen LogP contribution in [0.1, 0.15) is 33.7 Å². The molecule has 31 heavy (non-hydrogen) atoms. The summed E-state index contributed by atoms with van der Waals surface area (Å²) in [6, 6.07) is 12.9. The number of anilines is 2. The van der Waals surface area contributed by atoms with Crippen molar-refractivity contribution < 1.29 is 13.9 Å². The molecule has 1 aliphatic carbocycles. The number of aromatic nitrogens is 2. The van der Waals surface area contributed by atoms with Gasteiger partial charge in [-0.25, -0.2) is 9.07 Å². The van der Waals surface area contributed by atoms with E-state index in [-0.39, 0.29) is 11.7 Å². The highest BCUT2D eigenvalue weighted by atomic mass is 19.1. The molecular formula is C24H25FN4O2. The number of benzene rings is 2. The van der Waals surface area contributed by atoms with E-state index >= 15 is 0 Å². The van der Waals surface area contributed by atoms with Crippen LogP contribution in [0, 0.1) is 12.7 Å². The van der Waals surface area contributed by atoms with Gasteiger partial charge in [-0.1, -0.05) is 17.7 Å². The highest BCUT2D eigenvalue weighted by Crippen LogP contribution is 2.29. The SMILES string of the molecule is Cc1ccc(-n2nc(C(=O)Nc3ccc(N4CCOCC4)c(F)c3)c3c2CCC3)cc1. The summed E-state index contributed by atoms with van der Waals surface area (Å²) in [5.41, 5.74) is 5.58. The van der Waals surface area contributed by atoms with E-state index < -0.39 is 0 Å². The second kappa shape index (κ2) is 8.15. The van der Waals surface area contributed by atoms with E-state index in [1.165, 1.54) is 11.6 Å². The van der Waals surface area contributed by atoms with Crippen LogP contribution in [0.4, 0.5) is 15.8 Å². The lowest BCUT2D eigenvalue weighted by Crippen LogP contribution is -2.36. The van der Waals surface area contributed by atoms with Crippen molar-refractivity contribution in [3.05, 3.63) is 70.8 Å². The fourth-order valence-electron chi connectivity index (χ4n) is 4.35. The number of nitrogens with one attached hydrogen (secondary N) is 1. The molecule has 0 unspecified atom stereocenters. The molecule has 0 bridgehead atoms. The molecule has 6 nitrogen and oxygen atoms in total. The first-order valence-corrected chi connectivity index (χ1v) is 10.7. The monoisotopic (exact) mass is 420 g/mol. The Balaban J connectivity index is 1.39. The van der Waals surface area contributed by atoms with Gasteiger partial charge < -0.3 is 15.0 Å². The van der Waals surface area contributed by atoms with Crippen molar-refractivity contribution in [1.82, 2.24) is 9.78 Å². The van der Waals surface area contributed by atoms with Crippen molar-refractivity contribution >= 4 is 17.3 Å². The normalized spacial score (nSPS) is 15.7. The van der Waals surface area contributed by atoms with E-state index in [1.807, 2.05) is 40.8 Å². The molecule has 0 atom stereocenters. The Morgan fingerprint density at radius 2 is 1.87 bits per heavy atom. The first-order valence-electron chi connectivity index (χ1n) is 10.7. The number of morpholine rings is 1. The van der Waals surface area contributed by atoms with Crippen molar-refractivity contribution in [2.75, 3.05) is 36.5 Å². The predicted octanol–water partition coefficient (Wildman–Crippen LogP) is 3.90. The molecule has 2 aromatic carbocycles. The summed E-state index contributed by atoms with van der Waals surface area (Å²) in [4.78, 5) is 15.0. The second-order valence-corrected chi connectivity index (χ2v) is 8.09. The third-order valence-electron chi connectivity index (χ3n) is 5.98. The molecule has 1 aliphatic heterocycles. The summed E-state index contributed by atoms with van der Waals surface area (Å²) in [5.74, 6) is -0.655. The van der Waals surface area contributed by atoms with E-state index in [4.69, 9.17) is 4.74 Å². The minimum atomic E-state index is -0.352. The van der Waals surface area contributed by atoms with Crippen molar-refractivity contribution in [3.63, 3.8) is 0 Å². The third kappa shape index (κ3) is 3.81. The van der Waals surface area contributed by atoms with Crippen LogP contribution in [-0.2, 0) is 17.6 Å². The lowest BCUT2D eigenvalue weighted by atomic mass is 10.1. The van der Waals surface area contributed by atoms with Gasteiger partial charge in [0.2, 0.25) is 0 Å². The maximum atomic E-state index is 14.7. The fourth-order valence-corrected chi connectivity index (χ4v) is 4.35. The molecule has 1 amide bonds. The summed E-state index contributed by atoms with van der Waals surface area (Å²) in [7, 11) is 0. The number of ether oxygens (including phenoxy) is 1. The molecule has 5 rings (SSSR count). The minimum absolute atomic E-state index is 0.303. The lowest BCUT2D eigenvalue weighted by Gasteiger charge is -2.29. The zero-order chi connectivity index (χ0) is 21.4. The van der Waals surface area contributed by atoms with Crippen LogP contribution in [0.25, 0.3) is 5.69 Å². The molecule has 0 saturated carbocycles. The van der Waals surface area contributed by atoms with E-state index in [9.17, 15) is 9.18 Å². The maximum absolute atomic E-state index is 14.7. The van der Waals surface area contributed by atoms with Gasteiger partial charge in [0.1, 0.15) is 5.82 Å². The van der Waals surface area contributed by atoms with Gasteiger partial charge in [-0.05, 0) is 56.5 Å². The molecular weight excluding hydrogens is 395 g/mol. The zero-order valence-electron chi connectivity index (χ0n) is 17.5. The smallest absolute Gasteiger partial charge is 0.276 e. The molecule has 0 radical (unpaired) electrons.